The highest BCUT2D eigenvalue weighted by molar-refractivity contribution is 6.28. The van der Waals surface area contributed by atoms with Gasteiger partial charge in [-0.2, -0.15) is 0 Å². The van der Waals surface area contributed by atoms with E-state index < -0.39 is 0 Å². The van der Waals surface area contributed by atoms with Crippen LogP contribution in [0.3, 0.4) is 0 Å². The van der Waals surface area contributed by atoms with E-state index >= 15 is 0 Å². The standard InChI is InChI=1S/C54H34N4.C42H27N3/c1-3-15-35(16-4-1)55-46-23-11-8-20-40(46)44-33-37(27-30-50(44)55)57-49-26-14-10-22-43(49)53-52(57)32-29-42-39-19-7-13-25-48(39)58(54(42)53)38-28-31-51-45(34-38)41-21-9-12-24-47(41)56(51)36-17-5-2-6-18-36;1-3-13-28(14-4-1)43-36-20-10-7-17-31(36)33-24-23-30(27-40(33)43)44-38-22-12-9-19-35(38)41-39(44)26-25-34-32-18-8-11-21-37(32)45(42(34)41)29-15-5-2-6-16-29/h1-34H;1-27H. The van der Waals surface area contributed by atoms with Crippen LogP contribution in [-0.4, -0.2) is 32.0 Å². The number of fused-ring (bicyclic) bond motifs is 23. The molecule has 16 aromatic carbocycles. The summed E-state index contributed by atoms with van der Waals surface area (Å²) in [6.45, 7) is 0. The minimum Gasteiger partial charge on any atom is -0.309 e. The van der Waals surface area contributed by atoms with Crippen LogP contribution in [0.5, 0.6) is 0 Å². The molecule has 7 aromatic heterocycles. The van der Waals surface area contributed by atoms with E-state index in [1.54, 1.807) is 0 Å². The molecular weight excluding hydrogens is 1250 g/mol. The van der Waals surface area contributed by atoms with Crippen LogP contribution in [0.25, 0.3) is 192 Å². The molecule has 0 aliphatic rings. The van der Waals surface area contributed by atoms with Crippen molar-refractivity contribution in [1.29, 1.82) is 0 Å². The Balaban J connectivity index is 0.000000134. The molecule has 23 aromatic rings. The molecule has 7 nitrogen and oxygen atoms in total. The third-order valence-corrected chi connectivity index (χ3v) is 21.7. The average Bonchev–Trinajstić information content (AvgIpc) is 1.55. The maximum atomic E-state index is 2.51. The molecule has 103 heavy (non-hydrogen) atoms. The van der Waals surface area contributed by atoms with Crippen LogP contribution in [0.1, 0.15) is 0 Å². The molecule has 0 spiro atoms. The lowest BCUT2D eigenvalue weighted by molar-refractivity contribution is 1.15. The van der Waals surface area contributed by atoms with Crippen molar-refractivity contribution >= 4 is 153 Å². The summed E-state index contributed by atoms with van der Waals surface area (Å²) >= 11 is 0. The highest BCUT2D eigenvalue weighted by Crippen LogP contribution is 2.47. The molecule has 0 amide bonds. The smallest absolute Gasteiger partial charge is 0.0641 e. The molecule has 0 radical (unpaired) electrons. The molecule has 23 rings (SSSR count). The van der Waals surface area contributed by atoms with Gasteiger partial charge < -0.3 is 32.0 Å². The van der Waals surface area contributed by atoms with Crippen molar-refractivity contribution in [2.45, 2.75) is 0 Å². The number of hydrogen-bond donors (Lipinski definition) is 0. The number of nitrogens with zero attached hydrogens (tertiary/aromatic N) is 7. The summed E-state index contributed by atoms with van der Waals surface area (Å²) < 4.78 is 17.0. The van der Waals surface area contributed by atoms with Crippen molar-refractivity contribution in [3.05, 3.63) is 370 Å². The Morgan fingerprint density at radius 2 is 0.340 bits per heavy atom. The van der Waals surface area contributed by atoms with Crippen LogP contribution >= 0.6 is 0 Å². The first-order valence-corrected chi connectivity index (χ1v) is 35.4. The van der Waals surface area contributed by atoms with Gasteiger partial charge in [-0.15, -0.1) is 0 Å². The Hall–Kier alpha value is -13.9. The highest BCUT2D eigenvalue weighted by atomic mass is 15.1. The third kappa shape index (κ3) is 8.33. The van der Waals surface area contributed by atoms with E-state index in [2.05, 4.69) is 402 Å². The second kappa shape index (κ2) is 22.3. The van der Waals surface area contributed by atoms with Gasteiger partial charge in [-0.1, -0.05) is 218 Å². The van der Waals surface area contributed by atoms with Crippen LogP contribution in [-0.2, 0) is 0 Å². The van der Waals surface area contributed by atoms with Crippen molar-refractivity contribution in [2.75, 3.05) is 0 Å². The van der Waals surface area contributed by atoms with Gasteiger partial charge in [0.2, 0.25) is 0 Å². The van der Waals surface area contributed by atoms with Crippen LogP contribution in [0, 0.1) is 0 Å². The molecule has 0 saturated carbocycles. The first-order chi connectivity index (χ1) is 51.2. The maximum absolute atomic E-state index is 2.51. The summed E-state index contributed by atoms with van der Waals surface area (Å²) in [6, 6.07) is 135. The summed E-state index contributed by atoms with van der Waals surface area (Å²) in [7, 11) is 0. The molecule has 480 valence electrons. The van der Waals surface area contributed by atoms with Crippen LogP contribution in [0.15, 0.2) is 370 Å². The fourth-order valence-electron chi connectivity index (χ4n) is 17.6. The predicted molar refractivity (Wildman–Crippen MR) is 433 cm³/mol. The highest BCUT2D eigenvalue weighted by Gasteiger charge is 2.26. The van der Waals surface area contributed by atoms with Gasteiger partial charge >= 0.3 is 0 Å². The van der Waals surface area contributed by atoms with E-state index in [1.165, 1.54) is 158 Å². The molecule has 0 atom stereocenters. The van der Waals surface area contributed by atoms with Gasteiger partial charge in [-0.3, -0.25) is 0 Å². The van der Waals surface area contributed by atoms with Crippen molar-refractivity contribution in [1.82, 2.24) is 32.0 Å². The molecule has 0 unspecified atom stereocenters. The molecule has 7 heterocycles. The minimum absolute atomic E-state index is 1.15. The van der Waals surface area contributed by atoms with Crippen molar-refractivity contribution in [2.24, 2.45) is 0 Å². The molecule has 0 aliphatic carbocycles. The van der Waals surface area contributed by atoms with Crippen LogP contribution in [0.4, 0.5) is 0 Å². The fraction of sp³-hybridized carbons (Fsp3) is 0. The lowest BCUT2D eigenvalue weighted by atomic mass is 10.1. The first kappa shape index (κ1) is 57.1. The maximum Gasteiger partial charge on any atom is 0.0641 e. The van der Waals surface area contributed by atoms with Crippen molar-refractivity contribution in [3.8, 4) is 39.8 Å². The average molecular weight is 1310 g/mol. The van der Waals surface area contributed by atoms with Gasteiger partial charge in [-0.25, -0.2) is 0 Å². The first-order valence-electron chi connectivity index (χ1n) is 35.4. The monoisotopic (exact) mass is 1310 g/mol. The lowest BCUT2D eigenvalue weighted by Crippen LogP contribution is -1.97. The fourth-order valence-corrected chi connectivity index (χ4v) is 17.6. The van der Waals surface area contributed by atoms with Gasteiger partial charge in [0.15, 0.2) is 0 Å². The van der Waals surface area contributed by atoms with Gasteiger partial charge in [0.25, 0.3) is 0 Å². The SMILES string of the molecule is c1ccc(-n2c3ccccc3c3cc(-n4c5ccccc5c5c4ccc4c6ccccc6n(-c6ccc7c(c6)c6ccccc6n7-c6ccccc6)c45)ccc32)cc1.c1ccc(-n2c3ccccc3c3ccc(-n4c5ccccc5c5c4ccc4c6ccccc6n(-c6ccccc6)c45)cc32)cc1. The molecule has 0 N–H and O–H groups in total. The number of rotatable bonds is 7. The summed E-state index contributed by atoms with van der Waals surface area (Å²) in [6.07, 6.45) is 0. The Morgan fingerprint density at radius 1 is 0.117 bits per heavy atom. The van der Waals surface area contributed by atoms with E-state index in [9.17, 15) is 0 Å². The Morgan fingerprint density at radius 3 is 0.738 bits per heavy atom. The Bertz CT molecular complexity index is 7400. The zero-order valence-corrected chi connectivity index (χ0v) is 55.8. The molecule has 0 saturated heterocycles. The van der Waals surface area contributed by atoms with E-state index in [-0.39, 0.29) is 0 Å². The zero-order chi connectivity index (χ0) is 67.4. The van der Waals surface area contributed by atoms with Crippen LogP contribution in [0.2, 0.25) is 0 Å². The normalized spacial score (nSPS) is 12.1. The quantitative estimate of drug-likeness (QED) is 0.152. The number of benzene rings is 16. The summed E-state index contributed by atoms with van der Waals surface area (Å²) in [5.74, 6) is 0. The van der Waals surface area contributed by atoms with E-state index in [0.717, 1.165) is 34.1 Å². The van der Waals surface area contributed by atoms with Crippen molar-refractivity contribution < 1.29 is 0 Å². The topological polar surface area (TPSA) is 34.5 Å². The molecule has 7 heteroatoms. The Kier molecular flexibility index (Phi) is 12.4. The number of hydrogen-bond acceptors (Lipinski definition) is 0. The third-order valence-electron chi connectivity index (χ3n) is 21.7. The summed E-state index contributed by atoms with van der Waals surface area (Å²) in [5, 5.41) is 17.5. The zero-order valence-electron chi connectivity index (χ0n) is 55.8. The summed E-state index contributed by atoms with van der Waals surface area (Å²) in [4.78, 5) is 0. The largest absolute Gasteiger partial charge is 0.309 e. The molecular formula is C96H61N7. The second-order valence-corrected chi connectivity index (χ2v) is 27.1. The molecule has 0 bridgehead atoms. The van der Waals surface area contributed by atoms with E-state index in [1.807, 2.05) is 0 Å². The van der Waals surface area contributed by atoms with Gasteiger partial charge in [-0.05, 0) is 152 Å². The van der Waals surface area contributed by atoms with E-state index in [4.69, 9.17) is 0 Å². The summed E-state index contributed by atoms with van der Waals surface area (Å²) in [5.41, 5.74) is 25.0. The van der Waals surface area contributed by atoms with Crippen LogP contribution < -0.4 is 0 Å². The minimum atomic E-state index is 1.15. The van der Waals surface area contributed by atoms with E-state index in [0.29, 0.717) is 0 Å². The second-order valence-electron chi connectivity index (χ2n) is 27.1. The molecule has 0 aliphatic heterocycles. The molecule has 0 fully saturated rings. The van der Waals surface area contributed by atoms with Gasteiger partial charge in [0.05, 0.1) is 77.2 Å². The van der Waals surface area contributed by atoms with Gasteiger partial charge in [0, 0.05) is 115 Å². The number of aromatic nitrogens is 7. The number of para-hydroxylation sites is 11. The van der Waals surface area contributed by atoms with Crippen molar-refractivity contribution in [3.63, 3.8) is 0 Å². The predicted octanol–water partition coefficient (Wildman–Crippen LogP) is 25.1. The lowest BCUT2D eigenvalue weighted by Gasteiger charge is -2.12. The van der Waals surface area contributed by atoms with Gasteiger partial charge in [0.1, 0.15) is 0 Å². The Labute approximate surface area is 590 Å².